The minimum absolute atomic E-state index is 0.150. The van der Waals surface area contributed by atoms with Crippen LogP contribution in [-0.4, -0.2) is 18.6 Å². The van der Waals surface area contributed by atoms with Crippen LogP contribution in [0.2, 0.25) is 0 Å². The van der Waals surface area contributed by atoms with Crippen molar-refractivity contribution in [2.75, 3.05) is 24.3 Å². The normalized spacial score (nSPS) is 10.0. The van der Waals surface area contributed by atoms with Crippen molar-refractivity contribution < 1.29 is 9.13 Å². The molecule has 2 nitrogen and oxygen atoms in total. The number of nitrogens with two attached hydrogens (primary N) is 1. The molecule has 0 aliphatic heterocycles. The van der Waals surface area contributed by atoms with Gasteiger partial charge in [-0.25, -0.2) is 4.39 Å². The fraction of sp³-hybridized carbons (Fsp3) is 0.333. The van der Waals surface area contributed by atoms with E-state index in [1.165, 1.54) is 12.1 Å². The van der Waals surface area contributed by atoms with Crippen LogP contribution >= 0.6 is 11.8 Å². The van der Waals surface area contributed by atoms with Crippen molar-refractivity contribution in [1.29, 1.82) is 0 Å². The summed E-state index contributed by atoms with van der Waals surface area (Å²) in [4.78, 5) is 0. The Kier molecular flexibility index (Phi) is 3.89. The van der Waals surface area contributed by atoms with Gasteiger partial charge in [0.25, 0.3) is 0 Å². The summed E-state index contributed by atoms with van der Waals surface area (Å²) >= 11 is 1.68. The maximum Gasteiger partial charge on any atom is 0.149 e. The average Bonchev–Trinajstić information content (AvgIpc) is 2.12. The van der Waals surface area contributed by atoms with Gasteiger partial charge < -0.3 is 10.5 Å². The Balaban J connectivity index is 2.53. The molecule has 0 bridgehead atoms. The Morgan fingerprint density at radius 1 is 1.54 bits per heavy atom. The molecule has 0 saturated carbocycles. The van der Waals surface area contributed by atoms with Crippen molar-refractivity contribution in [2.45, 2.75) is 0 Å². The van der Waals surface area contributed by atoms with E-state index in [1.54, 1.807) is 17.8 Å². The lowest BCUT2D eigenvalue weighted by Crippen LogP contribution is -2.00. The molecule has 4 heteroatoms. The average molecular weight is 201 g/mol. The van der Waals surface area contributed by atoms with Gasteiger partial charge in [-0.05, 0) is 18.4 Å². The predicted molar refractivity (Wildman–Crippen MR) is 54.7 cm³/mol. The zero-order chi connectivity index (χ0) is 9.68. The molecule has 1 rings (SSSR count). The van der Waals surface area contributed by atoms with Crippen LogP contribution < -0.4 is 10.5 Å². The summed E-state index contributed by atoms with van der Waals surface area (Å²) in [6, 6.07) is 4.47. The molecule has 0 amide bonds. The monoisotopic (exact) mass is 201 g/mol. The van der Waals surface area contributed by atoms with Crippen LogP contribution in [0.25, 0.3) is 0 Å². The summed E-state index contributed by atoms with van der Waals surface area (Å²) in [6.45, 7) is 0.588. The number of benzene rings is 1. The SMILES string of the molecule is CSCCOc1ccc(N)c(F)c1. The number of hydrogen-bond acceptors (Lipinski definition) is 3. The Morgan fingerprint density at radius 2 is 2.31 bits per heavy atom. The van der Waals surface area contributed by atoms with Gasteiger partial charge in [0.1, 0.15) is 11.6 Å². The Hall–Kier alpha value is -0.900. The Labute approximate surface area is 81.3 Å². The summed E-state index contributed by atoms with van der Waals surface area (Å²) in [5.41, 5.74) is 5.46. The largest absolute Gasteiger partial charge is 0.493 e. The molecule has 13 heavy (non-hydrogen) atoms. The lowest BCUT2D eigenvalue weighted by Gasteiger charge is -2.05. The molecule has 72 valence electrons. The maximum atomic E-state index is 12.9. The molecule has 0 aromatic heterocycles. The van der Waals surface area contributed by atoms with Crippen LogP contribution in [0.4, 0.5) is 10.1 Å². The first-order valence-corrected chi connectivity index (χ1v) is 5.30. The summed E-state index contributed by atoms with van der Waals surface area (Å²) in [7, 11) is 0. The van der Waals surface area contributed by atoms with E-state index in [-0.39, 0.29) is 5.69 Å². The first kappa shape index (κ1) is 10.2. The summed E-state index contributed by atoms with van der Waals surface area (Å²) < 4.78 is 18.1. The molecule has 0 heterocycles. The number of thioether (sulfide) groups is 1. The fourth-order valence-corrected chi connectivity index (χ4v) is 1.09. The molecule has 0 aliphatic rings. The van der Waals surface area contributed by atoms with Crippen molar-refractivity contribution in [2.24, 2.45) is 0 Å². The van der Waals surface area contributed by atoms with Gasteiger partial charge in [-0.1, -0.05) is 0 Å². The molecule has 2 N–H and O–H groups in total. The van der Waals surface area contributed by atoms with Gasteiger partial charge in [0.2, 0.25) is 0 Å². The molecule has 0 unspecified atom stereocenters. The molecule has 0 aliphatic carbocycles. The number of rotatable bonds is 4. The second-order valence-electron chi connectivity index (χ2n) is 2.52. The summed E-state index contributed by atoms with van der Waals surface area (Å²) in [5.74, 6) is 0.994. The first-order chi connectivity index (χ1) is 6.24. The van der Waals surface area contributed by atoms with E-state index in [1.807, 2.05) is 6.26 Å². The predicted octanol–water partition coefficient (Wildman–Crippen LogP) is 2.15. The number of ether oxygens (including phenoxy) is 1. The van der Waals surface area contributed by atoms with Gasteiger partial charge in [0.15, 0.2) is 0 Å². The Morgan fingerprint density at radius 3 is 2.92 bits per heavy atom. The molecule has 1 aromatic rings. The van der Waals surface area contributed by atoms with Crippen LogP contribution in [0.15, 0.2) is 18.2 Å². The van der Waals surface area contributed by atoms with Crippen LogP contribution in [0.5, 0.6) is 5.75 Å². The minimum Gasteiger partial charge on any atom is -0.493 e. The first-order valence-electron chi connectivity index (χ1n) is 3.91. The van der Waals surface area contributed by atoms with E-state index in [2.05, 4.69) is 0 Å². The van der Waals surface area contributed by atoms with E-state index < -0.39 is 5.82 Å². The van der Waals surface area contributed by atoms with E-state index >= 15 is 0 Å². The van der Waals surface area contributed by atoms with Crippen molar-refractivity contribution in [3.8, 4) is 5.75 Å². The van der Waals surface area contributed by atoms with Crippen molar-refractivity contribution in [1.82, 2.24) is 0 Å². The third-order valence-electron chi connectivity index (χ3n) is 1.53. The van der Waals surface area contributed by atoms with Gasteiger partial charge in [-0.2, -0.15) is 11.8 Å². The zero-order valence-electron chi connectivity index (χ0n) is 7.42. The molecule has 1 aromatic carbocycles. The quantitative estimate of drug-likeness (QED) is 0.599. The standard InChI is InChI=1S/C9H12FNOS/c1-13-5-4-12-7-2-3-9(11)8(10)6-7/h2-3,6H,4-5,11H2,1H3. The van der Waals surface area contributed by atoms with E-state index in [4.69, 9.17) is 10.5 Å². The lowest BCUT2D eigenvalue weighted by atomic mass is 10.3. The topological polar surface area (TPSA) is 35.2 Å². The molecular weight excluding hydrogens is 189 g/mol. The van der Waals surface area contributed by atoms with E-state index in [0.717, 1.165) is 5.75 Å². The summed E-state index contributed by atoms with van der Waals surface area (Å²) in [6.07, 6.45) is 1.99. The molecule has 0 atom stereocenters. The van der Waals surface area contributed by atoms with Crippen LogP contribution in [0.3, 0.4) is 0 Å². The van der Waals surface area contributed by atoms with Crippen molar-refractivity contribution in [3.63, 3.8) is 0 Å². The van der Waals surface area contributed by atoms with E-state index in [0.29, 0.717) is 12.4 Å². The highest BCUT2D eigenvalue weighted by molar-refractivity contribution is 7.98. The smallest absolute Gasteiger partial charge is 0.149 e. The zero-order valence-corrected chi connectivity index (χ0v) is 8.23. The fourth-order valence-electron chi connectivity index (χ4n) is 0.840. The highest BCUT2D eigenvalue weighted by Crippen LogP contribution is 2.17. The number of hydrogen-bond donors (Lipinski definition) is 1. The van der Waals surface area contributed by atoms with Crippen LogP contribution in [0.1, 0.15) is 0 Å². The minimum atomic E-state index is -0.429. The van der Waals surface area contributed by atoms with Gasteiger partial charge in [0, 0.05) is 11.8 Å². The number of halogens is 1. The van der Waals surface area contributed by atoms with Gasteiger partial charge >= 0.3 is 0 Å². The maximum absolute atomic E-state index is 12.9. The second kappa shape index (κ2) is 4.97. The number of anilines is 1. The van der Waals surface area contributed by atoms with Crippen molar-refractivity contribution >= 4 is 17.4 Å². The third-order valence-corrected chi connectivity index (χ3v) is 2.10. The molecule has 0 saturated heterocycles. The third kappa shape index (κ3) is 3.14. The molecule has 0 spiro atoms. The van der Waals surface area contributed by atoms with Crippen LogP contribution in [0, 0.1) is 5.82 Å². The number of nitrogen functional groups attached to an aromatic ring is 1. The highest BCUT2D eigenvalue weighted by atomic mass is 32.2. The Bertz CT molecular complexity index is 280. The lowest BCUT2D eigenvalue weighted by molar-refractivity contribution is 0.342. The molecule has 0 fully saturated rings. The summed E-state index contributed by atoms with van der Waals surface area (Å²) in [5, 5.41) is 0. The van der Waals surface area contributed by atoms with Gasteiger partial charge in [-0.15, -0.1) is 0 Å². The van der Waals surface area contributed by atoms with Gasteiger partial charge in [-0.3, -0.25) is 0 Å². The van der Waals surface area contributed by atoms with Crippen molar-refractivity contribution in [3.05, 3.63) is 24.0 Å². The highest BCUT2D eigenvalue weighted by Gasteiger charge is 1.99. The van der Waals surface area contributed by atoms with Crippen LogP contribution in [-0.2, 0) is 0 Å². The van der Waals surface area contributed by atoms with Gasteiger partial charge in [0.05, 0.1) is 12.3 Å². The molecular formula is C9H12FNOS. The van der Waals surface area contributed by atoms with E-state index in [9.17, 15) is 4.39 Å². The molecule has 0 radical (unpaired) electrons. The second-order valence-corrected chi connectivity index (χ2v) is 3.51.